The van der Waals surface area contributed by atoms with Crippen LogP contribution in [0.25, 0.3) is 0 Å². The molecule has 2 atom stereocenters. The Morgan fingerprint density at radius 3 is 2.76 bits per heavy atom. The fourth-order valence-corrected chi connectivity index (χ4v) is 3.59. The van der Waals surface area contributed by atoms with Gasteiger partial charge in [0, 0.05) is 24.0 Å². The van der Waals surface area contributed by atoms with Gasteiger partial charge in [0.15, 0.2) is 0 Å². The van der Waals surface area contributed by atoms with Gasteiger partial charge in [0.25, 0.3) is 0 Å². The summed E-state index contributed by atoms with van der Waals surface area (Å²) in [5.41, 5.74) is 2.67. The van der Waals surface area contributed by atoms with E-state index in [4.69, 9.17) is 4.74 Å². The molecule has 0 fully saturated rings. The van der Waals surface area contributed by atoms with Gasteiger partial charge in [-0.15, -0.1) is 0 Å². The van der Waals surface area contributed by atoms with Crippen LogP contribution in [0.15, 0.2) is 30.3 Å². The number of hydrogen-bond donors (Lipinski definition) is 3. The average molecular weight is 284 g/mol. The molecule has 108 valence electrons. The molecule has 0 amide bonds. The minimum atomic E-state index is -0.994. The lowest BCUT2D eigenvalue weighted by Gasteiger charge is -2.36. The van der Waals surface area contributed by atoms with Crippen molar-refractivity contribution in [3.63, 3.8) is 0 Å². The number of aliphatic hydroxyl groups is 1. The van der Waals surface area contributed by atoms with Crippen molar-refractivity contribution in [1.82, 2.24) is 0 Å². The van der Waals surface area contributed by atoms with Gasteiger partial charge in [-0.2, -0.15) is 0 Å². The fourth-order valence-electron chi connectivity index (χ4n) is 3.59. The van der Waals surface area contributed by atoms with Crippen LogP contribution in [0, 0.1) is 6.92 Å². The van der Waals surface area contributed by atoms with Gasteiger partial charge in [0.05, 0.1) is 0 Å². The average Bonchev–Trinajstić information content (AvgIpc) is 2.71. The van der Waals surface area contributed by atoms with E-state index in [1.807, 2.05) is 13.0 Å². The first kappa shape index (κ1) is 12.5. The zero-order valence-electron chi connectivity index (χ0n) is 11.6. The summed E-state index contributed by atoms with van der Waals surface area (Å²) < 4.78 is 5.64. The van der Waals surface area contributed by atoms with Crippen molar-refractivity contribution in [1.29, 1.82) is 0 Å². The maximum atomic E-state index is 11.0. The van der Waals surface area contributed by atoms with Crippen LogP contribution in [-0.2, 0) is 6.42 Å². The second kappa shape index (κ2) is 3.92. The van der Waals surface area contributed by atoms with E-state index in [1.165, 1.54) is 0 Å². The van der Waals surface area contributed by atoms with E-state index < -0.39 is 5.60 Å². The molecule has 1 aliphatic carbocycles. The SMILES string of the molecule is Cc1cc2c(cc1O)C[C@@]1(O)COc3cc(O)ccc3[C@@H]21. The smallest absolute Gasteiger partial charge is 0.127 e. The molecule has 1 aliphatic heterocycles. The number of phenols is 2. The molecule has 0 saturated carbocycles. The van der Waals surface area contributed by atoms with Gasteiger partial charge in [-0.3, -0.25) is 0 Å². The Kier molecular flexibility index (Phi) is 2.34. The van der Waals surface area contributed by atoms with Crippen LogP contribution in [0.2, 0.25) is 0 Å². The number of hydrogen-bond acceptors (Lipinski definition) is 4. The minimum absolute atomic E-state index is 0.152. The third-order valence-corrected chi connectivity index (χ3v) is 4.59. The van der Waals surface area contributed by atoms with Gasteiger partial charge >= 0.3 is 0 Å². The van der Waals surface area contributed by atoms with Crippen molar-refractivity contribution >= 4 is 0 Å². The molecule has 4 heteroatoms. The third-order valence-electron chi connectivity index (χ3n) is 4.59. The van der Waals surface area contributed by atoms with Crippen LogP contribution in [-0.4, -0.2) is 27.5 Å². The number of aryl methyl sites for hydroxylation is 1. The molecule has 0 spiro atoms. The maximum absolute atomic E-state index is 11.0. The quantitative estimate of drug-likeness (QED) is 0.694. The van der Waals surface area contributed by atoms with E-state index in [2.05, 4.69) is 0 Å². The maximum Gasteiger partial charge on any atom is 0.127 e. The van der Waals surface area contributed by atoms with Gasteiger partial charge in [0.2, 0.25) is 0 Å². The Morgan fingerprint density at radius 1 is 1.14 bits per heavy atom. The van der Waals surface area contributed by atoms with Crippen molar-refractivity contribution in [2.45, 2.75) is 24.9 Å². The van der Waals surface area contributed by atoms with Crippen molar-refractivity contribution in [3.8, 4) is 17.2 Å². The molecule has 0 bridgehead atoms. The van der Waals surface area contributed by atoms with Crippen molar-refractivity contribution in [2.75, 3.05) is 6.61 Å². The molecule has 21 heavy (non-hydrogen) atoms. The summed E-state index contributed by atoms with van der Waals surface area (Å²) in [6.07, 6.45) is 0.459. The molecule has 2 aliphatic rings. The van der Waals surface area contributed by atoms with E-state index in [-0.39, 0.29) is 24.0 Å². The summed E-state index contributed by atoms with van der Waals surface area (Å²) in [5.74, 6) is 0.835. The molecule has 0 unspecified atom stereocenters. The van der Waals surface area contributed by atoms with Crippen LogP contribution in [0.3, 0.4) is 0 Å². The fraction of sp³-hybridized carbons (Fsp3) is 0.294. The van der Waals surface area contributed by atoms with Gasteiger partial charge in [-0.05, 0) is 35.7 Å². The molecule has 2 aromatic rings. The second-order valence-electron chi connectivity index (χ2n) is 6.06. The molecule has 0 saturated heterocycles. The lowest BCUT2D eigenvalue weighted by molar-refractivity contribution is -0.0218. The van der Waals surface area contributed by atoms with Crippen molar-refractivity contribution in [2.24, 2.45) is 0 Å². The van der Waals surface area contributed by atoms with Crippen LogP contribution in [0.4, 0.5) is 0 Å². The van der Waals surface area contributed by atoms with Crippen molar-refractivity contribution < 1.29 is 20.1 Å². The Morgan fingerprint density at radius 2 is 1.95 bits per heavy atom. The Hall–Kier alpha value is -2.20. The number of benzene rings is 2. The predicted molar refractivity (Wildman–Crippen MR) is 76.9 cm³/mol. The highest BCUT2D eigenvalue weighted by Crippen LogP contribution is 2.52. The molecule has 4 rings (SSSR count). The molecule has 0 radical (unpaired) electrons. The summed E-state index contributed by atoms with van der Waals surface area (Å²) in [6.45, 7) is 2.03. The molecule has 0 aromatic heterocycles. The molecule has 4 nitrogen and oxygen atoms in total. The van der Waals surface area contributed by atoms with Crippen LogP contribution >= 0.6 is 0 Å². The van der Waals surface area contributed by atoms with Crippen LogP contribution < -0.4 is 4.74 Å². The number of fused-ring (bicyclic) bond motifs is 5. The summed E-state index contributed by atoms with van der Waals surface area (Å²) in [4.78, 5) is 0. The summed E-state index contributed by atoms with van der Waals surface area (Å²) in [7, 11) is 0. The second-order valence-corrected chi connectivity index (χ2v) is 6.06. The highest BCUT2D eigenvalue weighted by Gasteiger charge is 2.50. The zero-order valence-corrected chi connectivity index (χ0v) is 11.6. The predicted octanol–water partition coefficient (Wildman–Crippen LogP) is 2.22. The van der Waals surface area contributed by atoms with Crippen molar-refractivity contribution in [3.05, 3.63) is 52.6 Å². The molecular weight excluding hydrogens is 268 g/mol. The molecule has 2 aromatic carbocycles. The zero-order chi connectivity index (χ0) is 14.8. The first-order valence-electron chi connectivity index (χ1n) is 6.98. The number of rotatable bonds is 0. The van der Waals surface area contributed by atoms with Gasteiger partial charge in [-0.25, -0.2) is 0 Å². The lowest BCUT2D eigenvalue weighted by atomic mass is 9.80. The molecular formula is C17H16O4. The Bertz CT molecular complexity index is 753. The summed E-state index contributed by atoms with van der Waals surface area (Å²) >= 11 is 0. The third kappa shape index (κ3) is 1.66. The van der Waals surface area contributed by atoms with E-state index >= 15 is 0 Å². The minimum Gasteiger partial charge on any atom is -0.508 e. The summed E-state index contributed by atoms with van der Waals surface area (Å²) in [5, 5.41) is 30.4. The van der Waals surface area contributed by atoms with Crippen LogP contribution in [0.5, 0.6) is 17.2 Å². The number of aromatic hydroxyl groups is 2. The highest BCUT2D eigenvalue weighted by molar-refractivity contribution is 5.57. The topological polar surface area (TPSA) is 69.9 Å². The lowest BCUT2D eigenvalue weighted by Crippen LogP contribution is -2.43. The first-order chi connectivity index (χ1) is 9.98. The normalized spacial score (nSPS) is 25.7. The van der Waals surface area contributed by atoms with Crippen LogP contribution in [0.1, 0.15) is 28.2 Å². The Balaban J connectivity index is 1.95. The monoisotopic (exact) mass is 284 g/mol. The molecule has 1 heterocycles. The molecule has 3 N–H and O–H groups in total. The number of ether oxygens (including phenoxy) is 1. The number of phenolic OH excluding ortho intramolecular Hbond substituents is 2. The van der Waals surface area contributed by atoms with E-state index in [0.717, 1.165) is 22.3 Å². The van der Waals surface area contributed by atoms with E-state index in [9.17, 15) is 15.3 Å². The van der Waals surface area contributed by atoms with Gasteiger partial charge < -0.3 is 20.1 Å². The van der Waals surface area contributed by atoms with E-state index in [0.29, 0.717) is 12.2 Å². The Labute approximate surface area is 122 Å². The summed E-state index contributed by atoms with van der Waals surface area (Å²) in [6, 6.07) is 8.67. The highest BCUT2D eigenvalue weighted by atomic mass is 16.5. The van der Waals surface area contributed by atoms with Gasteiger partial charge in [0.1, 0.15) is 29.5 Å². The van der Waals surface area contributed by atoms with E-state index in [1.54, 1.807) is 24.3 Å². The standard InChI is InChI=1S/C17H16O4/c1-9-4-13-10(5-14(9)19)7-17(20)8-21-15-6-11(18)2-3-12(15)16(13)17/h2-6,16,18-20H,7-8H2,1H3/t16-,17+/m0/s1. The first-order valence-corrected chi connectivity index (χ1v) is 6.98. The largest absolute Gasteiger partial charge is 0.508 e. The van der Waals surface area contributed by atoms with Gasteiger partial charge in [-0.1, -0.05) is 12.1 Å².